The number of fused-ring (bicyclic) bond motifs is 2. The second kappa shape index (κ2) is 10.8. The van der Waals surface area contributed by atoms with Crippen LogP contribution < -0.4 is 10.6 Å². The number of nitrogens with one attached hydrogen (secondary N) is 2. The molecule has 3 heterocycles. The molecule has 0 aliphatic carbocycles. The van der Waals surface area contributed by atoms with Crippen LogP contribution >= 0.6 is 11.6 Å². The van der Waals surface area contributed by atoms with E-state index < -0.39 is 23.9 Å². The quantitative estimate of drug-likeness (QED) is 0.246. The van der Waals surface area contributed by atoms with Gasteiger partial charge in [-0.25, -0.2) is 13.9 Å². The van der Waals surface area contributed by atoms with Crippen molar-refractivity contribution in [2.45, 2.75) is 32.1 Å². The number of halogens is 2. The average molecular weight is 570 g/mol. The number of aromatic nitrogens is 3. The van der Waals surface area contributed by atoms with E-state index in [0.717, 1.165) is 5.56 Å². The summed E-state index contributed by atoms with van der Waals surface area (Å²) in [6, 6.07) is 19.6. The highest BCUT2D eigenvalue weighted by Gasteiger charge is 2.36. The summed E-state index contributed by atoms with van der Waals surface area (Å²) < 4.78 is 22.0. The molecule has 2 unspecified atom stereocenters. The van der Waals surface area contributed by atoms with Crippen LogP contribution in [0.1, 0.15) is 53.0 Å². The number of hydrogen-bond acceptors (Lipinski definition) is 5. The topological polar surface area (TPSA) is 97.6 Å². The summed E-state index contributed by atoms with van der Waals surface area (Å²) in [6.45, 7) is 3.71. The minimum absolute atomic E-state index is 0.237. The van der Waals surface area contributed by atoms with E-state index >= 15 is 0 Å². The fourth-order valence-electron chi connectivity index (χ4n) is 5.05. The molecule has 206 valence electrons. The third-order valence-electron chi connectivity index (χ3n) is 6.87. The molecule has 3 aromatic carbocycles. The molecule has 6 rings (SSSR count). The molecule has 2 atom stereocenters. The summed E-state index contributed by atoms with van der Waals surface area (Å²) in [5, 5.41) is 10.4. The predicted molar refractivity (Wildman–Crippen MR) is 153 cm³/mol. The number of carbonyl (C=O) groups is 2. The lowest BCUT2D eigenvalue weighted by molar-refractivity contribution is -0.130. The minimum Gasteiger partial charge on any atom is -0.361 e. The molecule has 0 radical (unpaired) electrons. The molecule has 8 nitrogen and oxygen atoms in total. The maximum atomic E-state index is 14.3. The molecule has 1 aliphatic heterocycles. The molecule has 0 spiro atoms. The van der Waals surface area contributed by atoms with Gasteiger partial charge in [-0.3, -0.25) is 9.59 Å². The monoisotopic (exact) mass is 569 g/mol. The van der Waals surface area contributed by atoms with Crippen molar-refractivity contribution in [1.82, 2.24) is 19.9 Å². The first-order chi connectivity index (χ1) is 19.8. The zero-order valence-corrected chi connectivity index (χ0v) is 22.9. The minimum atomic E-state index is -0.914. The van der Waals surface area contributed by atoms with Crippen LogP contribution in [0.15, 0.2) is 85.3 Å². The van der Waals surface area contributed by atoms with Gasteiger partial charge in [-0.15, -0.1) is 0 Å². The fraction of sp³-hybridized carbons (Fsp3) is 0.161. The van der Waals surface area contributed by atoms with E-state index in [0.29, 0.717) is 39.2 Å². The summed E-state index contributed by atoms with van der Waals surface area (Å²) >= 11 is 6.47. The lowest BCUT2D eigenvalue weighted by atomic mass is 9.93. The predicted octanol–water partition coefficient (Wildman–Crippen LogP) is 6.13. The molecule has 2 aromatic heterocycles. The van der Waals surface area contributed by atoms with Gasteiger partial charge in [-0.05, 0) is 67.4 Å². The molecule has 2 N–H and O–H groups in total. The first kappa shape index (κ1) is 26.6. The average Bonchev–Trinajstić information content (AvgIpc) is 3.57. The molecule has 0 bridgehead atoms. The number of rotatable bonds is 7. The van der Waals surface area contributed by atoms with Crippen LogP contribution in [0.3, 0.4) is 0 Å². The van der Waals surface area contributed by atoms with Gasteiger partial charge in [-0.1, -0.05) is 41.9 Å². The highest BCUT2D eigenvalue weighted by molar-refractivity contribution is 6.31. The van der Waals surface area contributed by atoms with Gasteiger partial charge in [0.2, 0.25) is 0 Å². The van der Waals surface area contributed by atoms with Crippen LogP contribution in [-0.4, -0.2) is 32.5 Å². The van der Waals surface area contributed by atoms with E-state index in [1.54, 1.807) is 22.8 Å². The molecule has 10 heteroatoms. The maximum absolute atomic E-state index is 14.3. The van der Waals surface area contributed by atoms with Crippen molar-refractivity contribution < 1.29 is 18.7 Å². The van der Waals surface area contributed by atoms with E-state index in [1.807, 2.05) is 56.3 Å². The zero-order chi connectivity index (χ0) is 28.7. The van der Waals surface area contributed by atoms with Crippen LogP contribution in [-0.2, 0) is 9.53 Å². The molecule has 41 heavy (non-hydrogen) atoms. The van der Waals surface area contributed by atoms with Gasteiger partial charge in [0.25, 0.3) is 11.8 Å². The Morgan fingerprint density at radius 1 is 1.07 bits per heavy atom. The first-order valence-electron chi connectivity index (χ1n) is 13.0. The van der Waals surface area contributed by atoms with Gasteiger partial charge in [0.1, 0.15) is 12.1 Å². The Bertz CT molecular complexity index is 1790. The number of hydrogen-bond donors (Lipinski definition) is 2. The van der Waals surface area contributed by atoms with Gasteiger partial charge in [0.15, 0.2) is 11.8 Å². The van der Waals surface area contributed by atoms with Crippen molar-refractivity contribution in [1.29, 1.82) is 0 Å². The Labute approximate surface area is 240 Å². The van der Waals surface area contributed by atoms with Crippen molar-refractivity contribution in [3.63, 3.8) is 0 Å². The molecule has 0 saturated carbocycles. The third kappa shape index (κ3) is 5.17. The Hall–Kier alpha value is -4.60. The van der Waals surface area contributed by atoms with E-state index in [-0.39, 0.29) is 17.0 Å². The van der Waals surface area contributed by atoms with Gasteiger partial charge in [0.05, 0.1) is 12.1 Å². The summed E-state index contributed by atoms with van der Waals surface area (Å²) in [7, 11) is 0. The Morgan fingerprint density at radius 3 is 2.66 bits per heavy atom. The molecule has 0 fully saturated rings. The van der Waals surface area contributed by atoms with Gasteiger partial charge >= 0.3 is 0 Å². The number of anilines is 1. The lowest BCUT2D eigenvalue weighted by Crippen LogP contribution is -2.27. The summed E-state index contributed by atoms with van der Waals surface area (Å²) in [5.74, 6) is -1.29. The van der Waals surface area contributed by atoms with E-state index in [4.69, 9.17) is 16.3 Å². The number of benzene rings is 3. The van der Waals surface area contributed by atoms with Crippen LogP contribution in [0.2, 0.25) is 5.02 Å². The van der Waals surface area contributed by atoms with Crippen LogP contribution in [0.4, 0.5) is 10.1 Å². The SMILES string of the molecule is CC(C)OC(C(=O)Nc1cc(-c2ccc3ncnn3c2)cc2c1C(c1cc(F)ccc1Cl)NC2=O)c1ccccc1. The maximum Gasteiger partial charge on any atom is 0.258 e. The standard InChI is InChI=1S/C31H25ClFN5O3/c1-17(2)41-29(18-6-4-3-5-7-18)31(40)36-25-13-20(19-8-11-26-34-16-35-38(26)15-19)12-23-27(25)28(37-30(23)39)22-14-21(33)9-10-24(22)32/h3-17,28-29H,1-2H3,(H,36,40)(H,37,39). The molecular weight excluding hydrogens is 545 g/mol. The Kier molecular flexibility index (Phi) is 6.98. The highest BCUT2D eigenvalue weighted by atomic mass is 35.5. The number of ether oxygens (including phenoxy) is 1. The normalized spacial score (nSPS) is 15.1. The number of pyridine rings is 1. The van der Waals surface area contributed by atoms with Crippen molar-refractivity contribution in [2.24, 2.45) is 0 Å². The van der Waals surface area contributed by atoms with E-state index in [2.05, 4.69) is 20.7 Å². The smallest absolute Gasteiger partial charge is 0.258 e. The highest BCUT2D eigenvalue weighted by Crippen LogP contribution is 2.42. The third-order valence-corrected chi connectivity index (χ3v) is 7.22. The van der Waals surface area contributed by atoms with Crippen LogP contribution in [0, 0.1) is 5.82 Å². The van der Waals surface area contributed by atoms with Gasteiger partial charge < -0.3 is 15.4 Å². The summed E-state index contributed by atoms with van der Waals surface area (Å²) in [5.41, 5.74) is 4.33. The van der Waals surface area contributed by atoms with Crippen molar-refractivity contribution >= 4 is 34.7 Å². The van der Waals surface area contributed by atoms with E-state index in [9.17, 15) is 14.0 Å². The first-order valence-corrected chi connectivity index (χ1v) is 13.4. The Morgan fingerprint density at radius 2 is 1.88 bits per heavy atom. The molecule has 5 aromatic rings. The summed E-state index contributed by atoms with van der Waals surface area (Å²) in [6.07, 6.45) is 2.09. The lowest BCUT2D eigenvalue weighted by Gasteiger charge is -2.23. The van der Waals surface area contributed by atoms with Crippen LogP contribution in [0.25, 0.3) is 16.8 Å². The molecular formula is C31H25ClFN5O3. The number of nitrogens with zero attached hydrogens (tertiary/aromatic N) is 3. The largest absolute Gasteiger partial charge is 0.361 e. The van der Waals surface area contributed by atoms with Crippen molar-refractivity contribution in [3.05, 3.63) is 118 Å². The van der Waals surface area contributed by atoms with Gasteiger partial charge in [-0.2, -0.15) is 5.10 Å². The summed E-state index contributed by atoms with van der Waals surface area (Å²) in [4.78, 5) is 31.3. The second-order valence-corrected chi connectivity index (χ2v) is 10.4. The number of carbonyl (C=O) groups excluding carboxylic acids is 2. The van der Waals surface area contributed by atoms with Crippen molar-refractivity contribution in [3.8, 4) is 11.1 Å². The van der Waals surface area contributed by atoms with Crippen molar-refractivity contribution in [2.75, 3.05) is 5.32 Å². The van der Waals surface area contributed by atoms with Crippen LogP contribution in [0.5, 0.6) is 0 Å². The van der Waals surface area contributed by atoms with Gasteiger partial charge in [0, 0.05) is 39.2 Å². The Balaban J connectivity index is 1.49. The second-order valence-electron chi connectivity index (χ2n) is 10.0. The molecule has 2 amide bonds. The zero-order valence-electron chi connectivity index (χ0n) is 22.1. The molecule has 1 aliphatic rings. The van der Waals surface area contributed by atoms with E-state index in [1.165, 1.54) is 24.5 Å². The number of amides is 2. The molecule has 0 saturated heterocycles. The fourth-order valence-corrected chi connectivity index (χ4v) is 5.28.